The Bertz CT molecular complexity index is 451. The molecule has 0 aliphatic carbocycles. The molecular formula is C12H21FN2O4Si. The molecule has 2 saturated heterocycles. The summed E-state index contributed by atoms with van der Waals surface area (Å²) in [6.45, 7) is 9.95. The highest BCUT2D eigenvalue weighted by molar-refractivity contribution is 6.74. The minimum absolute atomic E-state index is 0.0502. The molecule has 8 heteroatoms. The van der Waals surface area contributed by atoms with Crippen LogP contribution in [0.25, 0.3) is 0 Å². The molecule has 0 saturated carbocycles. The van der Waals surface area contributed by atoms with E-state index in [1.165, 1.54) is 0 Å². The van der Waals surface area contributed by atoms with Gasteiger partial charge in [-0.25, -0.2) is 4.79 Å². The van der Waals surface area contributed by atoms with E-state index in [0.29, 0.717) is 0 Å². The average Bonchev–Trinajstić information content (AvgIpc) is 2.66. The number of halogens is 1. The van der Waals surface area contributed by atoms with Gasteiger partial charge < -0.3 is 9.16 Å². The van der Waals surface area contributed by atoms with Crippen molar-refractivity contribution in [3.05, 3.63) is 0 Å². The SMILES string of the molecule is CC(C)(C)[Si](C)(C)O[C@H]1C(=O)NC(=O)N2CCOC12F. The van der Waals surface area contributed by atoms with Crippen LogP contribution in [-0.2, 0) is 14.0 Å². The van der Waals surface area contributed by atoms with E-state index in [1.54, 1.807) is 0 Å². The Morgan fingerprint density at radius 1 is 1.45 bits per heavy atom. The van der Waals surface area contributed by atoms with Crippen LogP contribution < -0.4 is 5.32 Å². The zero-order valence-corrected chi connectivity index (χ0v) is 13.4. The molecule has 0 radical (unpaired) electrons. The van der Waals surface area contributed by atoms with Gasteiger partial charge in [0.05, 0.1) is 13.2 Å². The van der Waals surface area contributed by atoms with Gasteiger partial charge in [-0.2, -0.15) is 4.39 Å². The molecule has 3 amide bonds. The lowest BCUT2D eigenvalue weighted by Crippen LogP contribution is -2.69. The first-order valence-electron chi connectivity index (χ1n) is 6.62. The van der Waals surface area contributed by atoms with Crippen LogP contribution in [0.5, 0.6) is 0 Å². The van der Waals surface area contributed by atoms with Gasteiger partial charge in [-0.1, -0.05) is 20.8 Å². The van der Waals surface area contributed by atoms with E-state index in [1.807, 2.05) is 33.9 Å². The van der Waals surface area contributed by atoms with Gasteiger partial charge in [0.1, 0.15) is 0 Å². The summed E-state index contributed by atoms with van der Waals surface area (Å²) in [6, 6.07) is -0.773. The fraction of sp³-hybridized carbons (Fsp3) is 0.833. The Morgan fingerprint density at radius 2 is 2.05 bits per heavy atom. The van der Waals surface area contributed by atoms with E-state index in [9.17, 15) is 14.0 Å². The maximum Gasteiger partial charge on any atom is 0.328 e. The predicted octanol–water partition coefficient (Wildman–Crippen LogP) is 1.58. The standard InChI is InChI=1S/C12H21FN2O4Si/c1-11(2,3)20(4,5)19-8-9(16)14-10(17)15-6-7-18-12(8,15)13/h8H,6-7H2,1-5H3,(H,14,16,17)/t8-,12?/m0/s1. The number of urea groups is 1. The number of fused-ring (bicyclic) bond motifs is 1. The van der Waals surface area contributed by atoms with Crippen molar-refractivity contribution in [1.82, 2.24) is 10.2 Å². The molecule has 2 fully saturated rings. The number of amides is 3. The third-order valence-electron chi connectivity index (χ3n) is 4.24. The number of carbonyl (C=O) groups is 2. The quantitative estimate of drug-likeness (QED) is 0.621. The van der Waals surface area contributed by atoms with Crippen molar-refractivity contribution in [2.75, 3.05) is 13.2 Å². The molecular weight excluding hydrogens is 283 g/mol. The molecule has 2 aliphatic heterocycles. The first-order valence-corrected chi connectivity index (χ1v) is 9.53. The highest BCUT2D eigenvalue weighted by Gasteiger charge is 2.61. The molecule has 1 N–H and O–H groups in total. The van der Waals surface area contributed by atoms with Crippen molar-refractivity contribution in [3.63, 3.8) is 0 Å². The monoisotopic (exact) mass is 304 g/mol. The summed E-state index contributed by atoms with van der Waals surface area (Å²) < 4.78 is 25.8. The molecule has 2 rings (SSSR count). The summed E-state index contributed by atoms with van der Waals surface area (Å²) in [5.74, 6) is -3.27. The highest BCUT2D eigenvalue weighted by Crippen LogP contribution is 2.41. The molecule has 0 bridgehead atoms. The van der Waals surface area contributed by atoms with Crippen LogP contribution in [0.15, 0.2) is 0 Å². The first-order chi connectivity index (χ1) is 8.99. The van der Waals surface area contributed by atoms with Crippen LogP contribution in [0.1, 0.15) is 20.8 Å². The fourth-order valence-electron chi connectivity index (χ4n) is 1.97. The van der Waals surface area contributed by atoms with E-state index in [2.05, 4.69) is 5.32 Å². The number of ether oxygens (including phenoxy) is 1. The Balaban J connectivity index is 2.30. The van der Waals surface area contributed by atoms with Gasteiger partial charge in [-0.05, 0) is 18.1 Å². The van der Waals surface area contributed by atoms with Crippen LogP contribution in [0.2, 0.25) is 18.1 Å². The molecule has 1 unspecified atom stereocenters. The maximum atomic E-state index is 15.0. The molecule has 6 nitrogen and oxygen atoms in total. The lowest BCUT2D eigenvalue weighted by molar-refractivity contribution is -0.230. The second kappa shape index (κ2) is 4.50. The summed E-state index contributed by atoms with van der Waals surface area (Å²) in [7, 11) is -2.38. The summed E-state index contributed by atoms with van der Waals surface area (Å²) in [5, 5.41) is 1.94. The van der Waals surface area contributed by atoms with Gasteiger partial charge in [-0.3, -0.25) is 15.0 Å². The summed E-state index contributed by atoms with van der Waals surface area (Å²) in [4.78, 5) is 24.5. The van der Waals surface area contributed by atoms with E-state index in [4.69, 9.17) is 9.16 Å². The average molecular weight is 304 g/mol. The van der Waals surface area contributed by atoms with E-state index >= 15 is 0 Å². The number of imide groups is 1. The van der Waals surface area contributed by atoms with E-state index in [-0.39, 0.29) is 18.2 Å². The van der Waals surface area contributed by atoms with Gasteiger partial charge in [0, 0.05) is 0 Å². The molecule has 0 aromatic heterocycles. The Kier molecular flexibility index (Phi) is 3.47. The number of nitrogens with one attached hydrogen (secondary N) is 1. The van der Waals surface area contributed by atoms with Crippen LogP contribution >= 0.6 is 0 Å². The Hall–Kier alpha value is -0.993. The fourth-order valence-corrected chi connectivity index (χ4v) is 3.16. The van der Waals surface area contributed by atoms with Crippen molar-refractivity contribution in [1.29, 1.82) is 0 Å². The van der Waals surface area contributed by atoms with Gasteiger partial charge >= 0.3 is 12.0 Å². The number of hydrogen-bond acceptors (Lipinski definition) is 4. The summed E-state index contributed by atoms with van der Waals surface area (Å²) >= 11 is 0. The van der Waals surface area contributed by atoms with Crippen molar-refractivity contribution >= 4 is 20.3 Å². The molecule has 2 aliphatic rings. The molecule has 2 heterocycles. The van der Waals surface area contributed by atoms with Crippen molar-refractivity contribution in [2.45, 2.75) is 51.0 Å². The first kappa shape index (κ1) is 15.4. The molecule has 0 aromatic rings. The highest BCUT2D eigenvalue weighted by atomic mass is 28.4. The number of nitrogens with zero attached hydrogens (tertiary/aromatic N) is 1. The van der Waals surface area contributed by atoms with Crippen LogP contribution in [-0.4, -0.2) is 50.4 Å². The molecule has 0 spiro atoms. The molecule has 2 atom stereocenters. The lowest BCUT2D eigenvalue weighted by Gasteiger charge is -2.44. The number of alkyl halides is 1. The predicted molar refractivity (Wildman–Crippen MR) is 72.1 cm³/mol. The summed E-state index contributed by atoms with van der Waals surface area (Å²) in [5.41, 5.74) is 0. The molecule has 20 heavy (non-hydrogen) atoms. The minimum Gasteiger partial charge on any atom is -0.399 e. The minimum atomic E-state index is -2.49. The lowest BCUT2D eigenvalue weighted by atomic mass is 10.2. The van der Waals surface area contributed by atoms with Crippen LogP contribution in [0.3, 0.4) is 0 Å². The number of hydrogen-bond donors (Lipinski definition) is 1. The normalized spacial score (nSPS) is 31.3. The van der Waals surface area contributed by atoms with Gasteiger partial charge in [0.2, 0.25) is 6.10 Å². The second-order valence-corrected chi connectivity index (χ2v) is 11.4. The van der Waals surface area contributed by atoms with E-state index < -0.39 is 32.3 Å². The van der Waals surface area contributed by atoms with Gasteiger partial charge in [0.15, 0.2) is 8.32 Å². The largest absolute Gasteiger partial charge is 0.399 e. The van der Waals surface area contributed by atoms with Crippen molar-refractivity contribution < 1.29 is 23.1 Å². The Labute approximate surface area is 118 Å². The van der Waals surface area contributed by atoms with Crippen molar-refractivity contribution in [2.24, 2.45) is 0 Å². The summed E-state index contributed by atoms with van der Waals surface area (Å²) in [6.07, 6.45) is -1.44. The third kappa shape index (κ3) is 2.25. The Morgan fingerprint density at radius 3 is 2.60 bits per heavy atom. The smallest absolute Gasteiger partial charge is 0.328 e. The second-order valence-electron chi connectivity index (χ2n) is 6.66. The zero-order valence-electron chi connectivity index (χ0n) is 12.4. The number of carbonyl (C=O) groups excluding carboxylic acids is 2. The van der Waals surface area contributed by atoms with Crippen LogP contribution in [0, 0.1) is 0 Å². The van der Waals surface area contributed by atoms with Gasteiger partial charge in [0.25, 0.3) is 5.91 Å². The van der Waals surface area contributed by atoms with Crippen LogP contribution in [0.4, 0.5) is 9.18 Å². The molecule has 0 aromatic carbocycles. The maximum absolute atomic E-state index is 15.0. The third-order valence-corrected chi connectivity index (χ3v) is 8.68. The number of rotatable bonds is 2. The van der Waals surface area contributed by atoms with E-state index in [0.717, 1.165) is 4.90 Å². The zero-order chi connectivity index (χ0) is 15.3. The molecule has 114 valence electrons. The van der Waals surface area contributed by atoms with Gasteiger partial charge in [-0.15, -0.1) is 0 Å². The topological polar surface area (TPSA) is 67.9 Å². The van der Waals surface area contributed by atoms with Crippen molar-refractivity contribution in [3.8, 4) is 0 Å².